The highest BCUT2D eigenvalue weighted by Crippen LogP contribution is 2.35. The van der Waals surface area contributed by atoms with E-state index in [4.69, 9.17) is 5.73 Å². The minimum atomic E-state index is -0.198. The van der Waals surface area contributed by atoms with Gasteiger partial charge in [-0.25, -0.2) is 9.89 Å². The van der Waals surface area contributed by atoms with Crippen LogP contribution in [0.3, 0.4) is 0 Å². The summed E-state index contributed by atoms with van der Waals surface area (Å²) in [4.78, 5) is 16.9. The minimum Gasteiger partial charge on any atom is -0.397 e. The molecule has 0 aliphatic heterocycles. The molecular weight excluding hydrogens is 286 g/mol. The van der Waals surface area contributed by atoms with E-state index in [9.17, 15) is 4.79 Å². The van der Waals surface area contributed by atoms with Crippen molar-refractivity contribution >= 4 is 28.4 Å². The Kier molecular flexibility index (Phi) is 3.66. The summed E-state index contributed by atoms with van der Waals surface area (Å²) in [5.74, 6) is 0. The summed E-state index contributed by atoms with van der Waals surface area (Å²) < 4.78 is 1.62. The molecule has 7 heteroatoms. The lowest BCUT2D eigenvalue weighted by Crippen LogP contribution is -2.17. The van der Waals surface area contributed by atoms with Gasteiger partial charge in [0.25, 0.3) is 0 Å². The fourth-order valence-electron chi connectivity index (χ4n) is 2.14. The van der Waals surface area contributed by atoms with Gasteiger partial charge in [-0.05, 0) is 24.2 Å². The topological polar surface area (TPSA) is 89.6 Å². The van der Waals surface area contributed by atoms with Crippen molar-refractivity contribution in [2.45, 2.75) is 29.9 Å². The monoisotopic (exact) mass is 301 g/mol. The fraction of sp³-hybridized carbons (Fsp3) is 0.214. The molecule has 0 saturated carbocycles. The van der Waals surface area contributed by atoms with Crippen LogP contribution in [0.2, 0.25) is 0 Å². The molecule has 0 saturated heterocycles. The maximum Gasteiger partial charge on any atom is 0.343 e. The van der Waals surface area contributed by atoms with E-state index in [1.165, 1.54) is 11.8 Å². The summed E-state index contributed by atoms with van der Waals surface area (Å²) in [6.07, 6.45) is 2.50. The summed E-state index contributed by atoms with van der Waals surface area (Å²) in [6.45, 7) is 2.64. The number of nitrogens with zero attached hydrogens (tertiary/aromatic N) is 3. The normalized spacial score (nSPS) is 11.1. The largest absolute Gasteiger partial charge is 0.397 e. The third-order valence-electron chi connectivity index (χ3n) is 3.12. The third kappa shape index (κ3) is 2.52. The average Bonchev–Trinajstić information content (AvgIpc) is 2.84. The van der Waals surface area contributed by atoms with Gasteiger partial charge in [-0.1, -0.05) is 25.1 Å². The number of H-pyrrole nitrogens is 1. The van der Waals surface area contributed by atoms with Crippen LogP contribution in [-0.4, -0.2) is 19.7 Å². The van der Waals surface area contributed by atoms with Crippen LogP contribution in [-0.2, 0) is 6.54 Å². The van der Waals surface area contributed by atoms with Crippen molar-refractivity contribution in [2.24, 2.45) is 0 Å². The summed E-state index contributed by atoms with van der Waals surface area (Å²) in [5.41, 5.74) is 7.31. The van der Waals surface area contributed by atoms with Crippen LogP contribution in [0, 0.1) is 0 Å². The van der Waals surface area contributed by atoms with Gasteiger partial charge in [0.15, 0.2) is 5.16 Å². The van der Waals surface area contributed by atoms with E-state index in [2.05, 4.69) is 15.2 Å². The first kappa shape index (κ1) is 13.7. The molecular formula is C14H15N5OS. The van der Waals surface area contributed by atoms with Gasteiger partial charge < -0.3 is 5.73 Å². The molecule has 3 N–H and O–H groups in total. The van der Waals surface area contributed by atoms with Crippen molar-refractivity contribution in [2.75, 3.05) is 5.73 Å². The van der Waals surface area contributed by atoms with Gasteiger partial charge in [-0.2, -0.15) is 0 Å². The van der Waals surface area contributed by atoms with E-state index in [1.807, 2.05) is 31.2 Å². The number of para-hydroxylation sites is 1. The maximum atomic E-state index is 11.8. The Balaban J connectivity index is 2.10. The van der Waals surface area contributed by atoms with Gasteiger partial charge in [0, 0.05) is 16.8 Å². The Bertz CT molecular complexity index is 839. The molecule has 2 heterocycles. The SMILES string of the molecule is CCCn1c(Sc2c(N)cnc3ccccc23)n[nH]c1=O. The second kappa shape index (κ2) is 5.61. The molecule has 2 aromatic heterocycles. The lowest BCUT2D eigenvalue weighted by atomic mass is 10.2. The quantitative estimate of drug-likeness (QED) is 0.771. The van der Waals surface area contributed by atoms with Crippen LogP contribution in [0.25, 0.3) is 10.9 Å². The number of pyridine rings is 1. The Morgan fingerprint density at radius 1 is 1.38 bits per heavy atom. The smallest absolute Gasteiger partial charge is 0.343 e. The Morgan fingerprint density at radius 3 is 3.00 bits per heavy atom. The molecule has 0 spiro atoms. The summed E-state index contributed by atoms with van der Waals surface area (Å²) in [6, 6.07) is 7.77. The van der Waals surface area contributed by atoms with Crippen LogP contribution >= 0.6 is 11.8 Å². The lowest BCUT2D eigenvalue weighted by molar-refractivity contribution is 0.604. The molecule has 3 aromatic rings. The predicted octanol–water partition coefficient (Wildman–Crippen LogP) is 2.26. The molecule has 6 nitrogen and oxygen atoms in total. The standard InChI is InChI=1S/C14H15N5OS/c1-2-7-19-13(20)17-18-14(19)21-12-9-5-3-4-6-11(9)16-8-10(12)15/h3-6,8H,2,7,15H2,1H3,(H,17,20). The maximum absolute atomic E-state index is 11.8. The molecule has 0 radical (unpaired) electrons. The number of aromatic amines is 1. The molecule has 0 bridgehead atoms. The number of hydrogen-bond donors (Lipinski definition) is 2. The number of nitrogens with two attached hydrogens (primary N) is 1. The summed E-state index contributed by atoms with van der Waals surface area (Å²) in [5, 5.41) is 8.15. The molecule has 108 valence electrons. The van der Waals surface area contributed by atoms with E-state index < -0.39 is 0 Å². The summed E-state index contributed by atoms with van der Waals surface area (Å²) in [7, 11) is 0. The van der Waals surface area contributed by atoms with E-state index >= 15 is 0 Å². The van der Waals surface area contributed by atoms with Crippen molar-refractivity contribution in [3.05, 3.63) is 40.9 Å². The van der Waals surface area contributed by atoms with Gasteiger partial charge in [0.2, 0.25) is 0 Å². The molecule has 3 rings (SSSR count). The number of rotatable bonds is 4. The zero-order valence-corrected chi connectivity index (χ0v) is 12.4. The highest BCUT2D eigenvalue weighted by Gasteiger charge is 2.14. The second-order valence-corrected chi connectivity index (χ2v) is 5.60. The van der Waals surface area contributed by atoms with Gasteiger partial charge in [-0.15, -0.1) is 5.10 Å². The number of nitrogen functional groups attached to an aromatic ring is 1. The van der Waals surface area contributed by atoms with Gasteiger partial charge in [0.05, 0.1) is 17.4 Å². The molecule has 0 aliphatic rings. The third-order valence-corrected chi connectivity index (χ3v) is 4.27. The van der Waals surface area contributed by atoms with Crippen molar-refractivity contribution in [3.8, 4) is 0 Å². The highest BCUT2D eigenvalue weighted by molar-refractivity contribution is 7.99. The summed E-state index contributed by atoms with van der Waals surface area (Å²) >= 11 is 1.39. The fourth-order valence-corrected chi connectivity index (χ4v) is 3.15. The van der Waals surface area contributed by atoms with Gasteiger partial charge >= 0.3 is 5.69 Å². The van der Waals surface area contributed by atoms with Crippen LogP contribution < -0.4 is 11.4 Å². The molecule has 1 aromatic carbocycles. The Labute approximate surface area is 125 Å². The van der Waals surface area contributed by atoms with Gasteiger partial charge in [-0.3, -0.25) is 9.55 Å². The molecule has 0 atom stereocenters. The Morgan fingerprint density at radius 2 is 2.19 bits per heavy atom. The zero-order valence-electron chi connectivity index (χ0n) is 11.5. The number of nitrogens with one attached hydrogen (secondary N) is 1. The molecule has 0 aliphatic carbocycles. The number of fused-ring (bicyclic) bond motifs is 1. The number of anilines is 1. The first-order valence-corrected chi connectivity index (χ1v) is 7.48. The number of hydrogen-bond acceptors (Lipinski definition) is 5. The predicted molar refractivity (Wildman–Crippen MR) is 83.4 cm³/mol. The molecule has 21 heavy (non-hydrogen) atoms. The van der Waals surface area contributed by atoms with Crippen LogP contribution in [0.5, 0.6) is 0 Å². The van der Waals surface area contributed by atoms with Crippen molar-refractivity contribution in [1.29, 1.82) is 0 Å². The number of benzene rings is 1. The lowest BCUT2D eigenvalue weighted by Gasteiger charge is -2.09. The van der Waals surface area contributed by atoms with Crippen LogP contribution in [0.1, 0.15) is 13.3 Å². The van der Waals surface area contributed by atoms with E-state index in [1.54, 1.807) is 10.8 Å². The first-order valence-electron chi connectivity index (χ1n) is 6.67. The van der Waals surface area contributed by atoms with E-state index in [0.29, 0.717) is 17.4 Å². The molecule has 0 unspecified atom stereocenters. The van der Waals surface area contributed by atoms with Gasteiger partial charge in [0.1, 0.15) is 0 Å². The van der Waals surface area contributed by atoms with Crippen LogP contribution in [0.15, 0.2) is 45.3 Å². The highest BCUT2D eigenvalue weighted by atomic mass is 32.2. The van der Waals surface area contributed by atoms with Crippen molar-refractivity contribution < 1.29 is 0 Å². The zero-order chi connectivity index (χ0) is 14.8. The van der Waals surface area contributed by atoms with Crippen molar-refractivity contribution in [3.63, 3.8) is 0 Å². The van der Waals surface area contributed by atoms with E-state index in [0.717, 1.165) is 22.2 Å². The second-order valence-electron chi connectivity index (χ2n) is 4.62. The van der Waals surface area contributed by atoms with Crippen molar-refractivity contribution in [1.82, 2.24) is 19.7 Å². The molecule has 0 fully saturated rings. The first-order chi connectivity index (χ1) is 10.2. The average molecular weight is 301 g/mol. The number of aromatic nitrogens is 4. The van der Waals surface area contributed by atoms with E-state index in [-0.39, 0.29) is 5.69 Å². The minimum absolute atomic E-state index is 0.198. The molecule has 0 amide bonds. The van der Waals surface area contributed by atoms with Crippen LogP contribution in [0.4, 0.5) is 5.69 Å². The Hall–Kier alpha value is -2.28.